The minimum Gasteiger partial charge on any atom is -0.0811 e. The Hall–Kier alpha value is -0.520. The minimum atomic E-state index is 0.929. The SMILES string of the molecule is CCCC1CC=C(C)C(C)=C(C)CC1. The van der Waals surface area contributed by atoms with Crippen molar-refractivity contribution in [3.63, 3.8) is 0 Å². The maximum absolute atomic E-state index is 2.44. The number of rotatable bonds is 2. The molecule has 0 bridgehead atoms. The maximum Gasteiger partial charge on any atom is -0.0315 e. The van der Waals surface area contributed by atoms with E-state index in [0.717, 1.165) is 5.92 Å². The normalized spacial score (nSPS) is 24.3. The molecule has 1 aliphatic carbocycles. The van der Waals surface area contributed by atoms with Crippen molar-refractivity contribution in [2.24, 2.45) is 5.92 Å². The zero-order valence-electron chi connectivity index (χ0n) is 10.2. The van der Waals surface area contributed by atoms with Gasteiger partial charge in [0.1, 0.15) is 0 Å². The molecule has 0 aliphatic heterocycles. The molecule has 0 heterocycles. The smallest absolute Gasteiger partial charge is 0.0315 e. The van der Waals surface area contributed by atoms with Gasteiger partial charge in [0, 0.05) is 0 Å². The van der Waals surface area contributed by atoms with Crippen LogP contribution in [0.15, 0.2) is 22.8 Å². The van der Waals surface area contributed by atoms with Gasteiger partial charge < -0.3 is 0 Å². The molecule has 0 aromatic carbocycles. The van der Waals surface area contributed by atoms with Gasteiger partial charge in [0.25, 0.3) is 0 Å². The number of hydrogen-bond donors (Lipinski definition) is 0. The zero-order valence-corrected chi connectivity index (χ0v) is 10.2. The van der Waals surface area contributed by atoms with E-state index >= 15 is 0 Å². The first-order valence-electron chi connectivity index (χ1n) is 5.98. The summed E-state index contributed by atoms with van der Waals surface area (Å²) < 4.78 is 0. The lowest BCUT2D eigenvalue weighted by Gasteiger charge is -2.19. The molecular weight excluding hydrogens is 168 g/mol. The third-order valence-electron chi connectivity index (χ3n) is 3.61. The van der Waals surface area contributed by atoms with Crippen LogP contribution in [-0.2, 0) is 0 Å². The molecule has 0 spiro atoms. The van der Waals surface area contributed by atoms with Gasteiger partial charge in [-0.05, 0) is 51.5 Å². The summed E-state index contributed by atoms with van der Waals surface area (Å²) in [7, 11) is 0. The predicted molar refractivity (Wildman–Crippen MR) is 64.4 cm³/mol. The summed E-state index contributed by atoms with van der Waals surface area (Å²) in [5, 5.41) is 0. The van der Waals surface area contributed by atoms with E-state index in [1.807, 2.05) is 0 Å². The lowest BCUT2D eigenvalue weighted by Crippen LogP contribution is -2.03. The molecule has 0 fully saturated rings. The molecule has 0 radical (unpaired) electrons. The number of hydrogen-bond acceptors (Lipinski definition) is 0. The first-order chi connectivity index (χ1) is 6.65. The zero-order chi connectivity index (χ0) is 10.6. The van der Waals surface area contributed by atoms with Crippen LogP contribution in [0.3, 0.4) is 0 Å². The molecule has 0 aromatic rings. The Bertz CT molecular complexity index is 243. The van der Waals surface area contributed by atoms with Crippen molar-refractivity contribution in [1.82, 2.24) is 0 Å². The predicted octanol–water partition coefficient (Wildman–Crippen LogP) is 4.87. The van der Waals surface area contributed by atoms with Crippen molar-refractivity contribution in [2.75, 3.05) is 0 Å². The molecule has 1 unspecified atom stereocenters. The van der Waals surface area contributed by atoms with Crippen molar-refractivity contribution in [3.8, 4) is 0 Å². The Kier molecular flexibility index (Phi) is 4.44. The quantitative estimate of drug-likeness (QED) is 0.585. The van der Waals surface area contributed by atoms with Gasteiger partial charge in [-0.3, -0.25) is 0 Å². The van der Waals surface area contributed by atoms with Crippen molar-refractivity contribution in [3.05, 3.63) is 22.8 Å². The molecule has 14 heavy (non-hydrogen) atoms. The number of allylic oxidation sites excluding steroid dienone is 4. The minimum absolute atomic E-state index is 0.929. The largest absolute Gasteiger partial charge is 0.0811 e. The van der Waals surface area contributed by atoms with Gasteiger partial charge in [0.15, 0.2) is 0 Å². The fourth-order valence-corrected chi connectivity index (χ4v) is 2.23. The molecule has 0 saturated heterocycles. The summed E-state index contributed by atoms with van der Waals surface area (Å²) in [6, 6.07) is 0. The second kappa shape index (κ2) is 5.38. The fraction of sp³-hybridized carbons (Fsp3) is 0.714. The van der Waals surface area contributed by atoms with E-state index in [4.69, 9.17) is 0 Å². The highest BCUT2D eigenvalue weighted by Crippen LogP contribution is 2.28. The highest BCUT2D eigenvalue weighted by Gasteiger charge is 2.11. The monoisotopic (exact) mass is 192 g/mol. The summed E-state index contributed by atoms with van der Waals surface area (Å²) >= 11 is 0. The van der Waals surface area contributed by atoms with Crippen LogP contribution in [0.1, 0.15) is 59.8 Å². The summed E-state index contributed by atoms with van der Waals surface area (Å²) in [6.07, 6.45) is 9.17. The summed E-state index contributed by atoms with van der Waals surface area (Å²) in [5.74, 6) is 0.929. The second-order valence-corrected chi connectivity index (χ2v) is 4.72. The van der Waals surface area contributed by atoms with Crippen LogP contribution in [0.5, 0.6) is 0 Å². The standard InChI is InChI=1S/C14H24/c1-5-6-14-9-7-11(2)13(4)12(3)8-10-14/h7,14H,5-6,8-10H2,1-4H3. The van der Waals surface area contributed by atoms with E-state index in [2.05, 4.69) is 33.8 Å². The van der Waals surface area contributed by atoms with E-state index in [1.165, 1.54) is 43.3 Å². The lowest BCUT2D eigenvalue weighted by atomic mass is 9.87. The van der Waals surface area contributed by atoms with Crippen molar-refractivity contribution in [2.45, 2.75) is 59.8 Å². The van der Waals surface area contributed by atoms with Gasteiger partial charge in [-0.1, -0.05) is 37.0 Å². The third kappa shape index (κ3) is 3.01. The van der Waals surface area contributed by atoms with Gasteiger partial charge in [-0.2, -0.15) is 0 Å². The molecule has 0 nitrogen and oxygen atoms in total. The third-order valence-corrected chi connectivity index (χ3v) is 3.61. The highest BCUT2D eigenvalue weighted by atomic mass is 14.2. The molecule has 1 aliphatic rings. The topological polar surface area (TPSA) is 0 Å². The Balaban J connectivity index is 2.70. The Morgan fingerprint density at radius 1 is 1.29 bits per heavy atom. The van der Waals surface area contributed by atoms with Crippen LogP contribution in [0.25, 0.3) is 0 Å². The van der Waals surface area contributed by atoms with Crippen LogP contribution in [0.2, 0.25) is 0 Å². The highest BCUT2D eigenvalue weighted by molar-refractivity contribution is 5.32. The maximum atomic E-state index is 2.44. The molecule has 0 aromatic heterocycles. The fourth-order valence-electron chi connectivity index (χ4n) is 2.23. The van der Waals surface area contributed by atoms with E-state index in [1.54, 1.807) is 5.57 Å². The molecule has 0 amide bonds. The molecule has 0 heteroatoms. The molecular formula is C14H24. The summed E-state index contributed by atoms with van der Waals surface area (Å²) in [4.78, 5) is 0. The Labute approximate surface area is 89.1 Å². The lowest BCUT2D eigenvalue weighted by molar-refractivity contribution is 0.446. The average Bonchev–Trinajstić information content (AvgIpc) is 2.18. The molecule has 0 saturated carbocycles. The van der Waals surface area contributed by atoms with E-state index in [-0.39, 0.29) is 0 Å². The first kappa shape index (κ1) is 11.6. The van der Waals surface area contributed by atoms with Gasteiger partial charge >= 0.3 is 0 Å². The van der Waals surface area contributed by atoms with E-state index < -0.39 is 0 Å². The van der Waals surface area contributed by atoms with Crippen LogP contribution in [0, 0.1) is 5.92 Å². The second-order valence-electron chi connectivity index (χ2n) is 4.72. The van der Waals surface area contributed by atoms with Gasteiger partial charge in [-0.15, -0.1) is 0 Å². The molecule has 1 atom stereocenters. The molecule has 80 valence electrons. The van der Waals surface area contributed by atoms with E-state index in [9.17, 15) is 0 Å². The van der Waals surface area contributed by atoms with Crippen molar-refractivity contribution >= 4 is 0 Å². The van der Waals surface area contributed by atoms with Crippen LogP contribution in [0.4, 0.5) is 0 Å². The van der Waals surface area contributed by atoms with E-state index in [0.29, 0.717) is 0 Å². The van der Waals surface area contributed by atoms with Gasteiger partial charge in [-0.25, -0.2) is 0 Å². The van der Waals surface area contributed by atoms with Crippen LogP contribution >= 0.6 is 0 Å². The van der Waals surface area contributed by atoms with Crippen molar-refractivity contribution in [1.29, 1.82) is 0 Å². The first-order valence-corrected chi connectivity index (χ1v) is 5.98. The summed E-state index contributed by atoms with van der Waals surface area (Å²) in [5.41, 5.74) is 4.63. The Morgan fingerprint density at radius 2 is 2.00 bits per heavy atom. The Morgan fingerprint density at radius 3 is 2.64 bits per heavy atom. The van der Waals surface area contributed by atoms with Crippen molar-refractivity contribution < 1.29 is 0 Å². The summed E-state index contributed by atoms with van der Waals surface area (Å²) in [6.45, 7) is 9.11. The van der Waals surface area contributed by atoms with Crippen LogP contribution < -0.4 is 0 Å². The molecule has 1 rings (SSSR count). The van der Waals surface area contributed by atoms with Gasteiger partial charge in [0.05, 0.1) is 0 Å². The van der Waals surface area contributed by atoms with Gasteiger partial charge in [0.2, 0.25) is 0 Å². The average molecular weight is 192 g/mol. The molecule has 0 N–H and O–H groups in total. The van der Waals surface area contributed by atoms with Crippen LogP contribution in [-0.4, -0.2) is 0 Å².